The lowest BCUT2D eigenvalue weighted by atomic mass is 9.74. The van der Waals surface area contributed by atoms with Crippen molar-refractivity contribution < 1.29 is 19.4 Å². The first-order chi connectivity index (χ1) is 13.0. The molecule has 0 amide bonds. The van der Waals surface area contributed by atoms with Gasteiger partial charge in [-0.05, 0) is 68.8 Å². The maximum atomic E-state index is 12.1. The summed E-state index contributed by atoms with van der Waals surface area (Å²) in [5.41, 5.74) is 0. The number of unbranched alkanes of at least 4 members (excludes halogenated alkanes) is 2. The van der Waals surface area contributed by atoms with Gasteiger partial charge in [-0.3, -0.25) is 9.59 Å². The van der Waals surface area contributed by atoms with Gasteiger partial charge in [-0.1, -0.05) is 26.7 Å². The number of hydrogen-bond donors (Lipinski definition) is 1. The predicted octanol–water partition coefficient (Wildman–Crippen LogP) is 5.75. The van der Waals surface area contributed by atoms with Gasteiger partial charge in [0.15, 0.2) is 0 Å². The Balaban J connectivity index is 1.46. The molecule has 0 radical (unpaired) electrons. The van der Waals surface area contributed by atoms with E-state index in [0.29, 0.717) is 31.0 Å². The quantitative estimate of drug-likeness (QED) is 0.388. The number of ether oxygens (including phenoxy) is 1. The third-order valence-corrected chi connectivity index (χ3v) is 6.57. The summed E-state index contributed by atoms with van der Waals surface area (Å²) in [6.07, 6.45) is 12.7. The van der Waals surface area contributed by atoms with Crippen LogP contribution in [0.3, 0.4) is 0 Å². The summed E-state index contributed by atoms with van der Waals surface area (Å²) in [7, 11) is 0. The number of allylic oxidation sites excluding steroid dienone is 2. The number of rotatable bonds is 10. The minimum Gasteiger partial charge on any atom is -0.513 e. The van der Waals surface area contributed by atoms with Gasteiger partial charge in [-0.15, -0.1) is 0 Å². The molecule has 4 unspecified atom stereocenters. The summed E-state index contributed by atoms with van der Waals surface area (Å²) in [6.45, 7) is 5.12. The van der Waals surface area contributed by atoms with Crippen LogP contribution >= 0.6 is 0 Å². The number of carbonyl (C=O) groups excluding carboxylic acids is 2. The normalized spacial score (nSPS) is 28.4. The van der Waals surface area contributed by atoms with Gasteiger partial charge in [0.25, 0.3) is 0 Å². The Morgan fingerprint density at radius 2 is 1.89 bits per heavy atom. The molecule has 0 bridgehead atoms. The second-order valence-electron chi connectivity index (χ2n) is 8.86. The van der Waals surface area contributed by atoms with Crippen molar-refractivity contribution in [2.75, 3.05) is 6.61 Å². The minimum absolute atomic E-state index is 0.193. The van der Waals surface area contributed by atoms with Gasteiger partial charge < -0.3 is 9.84 Å². The lowest BCUT2D eigenvalue weighted by molar-refractivity contribution is -0.149. The molecular weight excluding hydrogens is 340 g/mol. The first kappa shape index (κ1) is 22.0. The lowest BCUT2D eigenvalue weighted by Crippen LogP contribution is -2.21. The Morgan fingerprint density at radius 1 is 1.07 bits per heavy atom. The van der Waals surface area contributed by atoms with E-state index >= 15 is 0 Å². The van der Waals surface area contributed by atoms with Crippen LogP contribution in [-0.4, -0.2) is 23.5 Å². The molecule has 4 heteroatoms. The molecule has 0 spiro atoms. The van der Waals surface area contributed by atoms with Gasteiger partial charge in [0.1, 0.15) is 5.78 Å². The molecule has 0 aromatic rings. The number of Topliss-reactive ketones (excluding diaryl/α,β-unsaturated/α-hetero) is 1. The fraction of sp³-hybridized carbons (Fsp3) is 0.826. The Kier molecular flexibility index (Phi) is 9.36. The molecule has 0 heterocycles. The predicted molar refractivity (Wildman–Crippen MR) is 107 cm³/mol. The van der Waals surface area contributed by atoms with Crippen molar-refractivity contribution in [3.8, 4) is 0 Å². The zero-order valence-electron chi connectivity index (χ0n) is 17.3. The number of hydrogen-bond acceptors (Lipinski definition) is 4. The number of ketones is 1. The molecule has 27 heavy (non-hydrogen) atoms. The summed E-state index contributed by atoms with van der Waals surface area (Å²) >= 11 is 0. The van der Waals surface area contributed by atoms with Crippen LogP contribution in [-0.2, 0) is 14.3 Å². The number of carbonyl (C=O) groups is 2. The highest BCUT2D eigenvalue weighted by molar-refractivity contribution is 5.78. The van der Waals surface area contributed by atoms with E-state index in [0.717, 1.165) is 62.7 Å². The monoisotopic (exact) mass is 378 g/mol. The highest BCUT2D eigenvalue weighted by atomic mass is 16.5. The van der Waals surface area contributed by atoms with Gasteiger partial charge in [0.2, 0.25) is 0 Å². The summed E-state index contributed by atoms with van der Waals surface area (Å²) in [5, 5.41) is 9.49. The standard InChI is InChI=1S/C23H38O4/c1-17-10-11-19(15-18(17)2)12-13-21(24)8-4-3-5-14-27-23(26)20-7-6-9-22(25)16-20/h9,17-20,25H,3-8,10-16H2,1-2H3. The molecule has 154 valence electrons. The van der Waals surface area contributed by atoms with Crippen LogP contribution in [0.2, 0.25) is 0 Å². The molecule has 2 aliphatic carbocycles. The SMILES string of the molecule is CC1CCC(CCC(=O)CCCCCOC(=O)C2CCC=C(O)C2)CC1C. The average Bonchev–Trinajstić information content (AvgIpc) is 2.65. The van der Waals surface area contributed by atoms with E-state index in [4.69, 9.17) is 4.74 Å². The third-order valence-electron chi connectivity index (χ3n) is 6.57. The maximum Gasteiger partial charge on any atom is 0.309 e. The zero-order chi connectivity index (χ0) is 19.6. The van der Waals surface area contributed by atoms with Gasteiger partial charge in [0, 0.05) is 19.3 Å². The van der Waals surface area contributed by atoms with Crippen LogP contribution < -0.4 is 0 Å². The van der Waals surface area contributed by atoms with E-state index in [1.165, 1.54) is 19.3 Å². The van der Waals surface area contributed by atoms with Gasteiger partial charge in [-0.2, -0.15) is 0 Å². The van der Waals surface area contributed by atoms with Crippen molar-refractivity contribution >= 4 is 11.8 Å². The van der Waals surface area contributed by atoms with Crippen molar-refractivity contribution in [1.29, 1.82) is 0 Å². The maximum absolute atomic E-state index is 12.1. The van der Waals surface area contributed by atoms with Crippen molar-refractivity contribution in [3.05, 3.63) is 11.8 Å². The lowest BCUT2D eigenvalue weighted by Gasteiger charge is -2.31. The topological polar surface area (TPSA) is 63.6 Å². The molecule has 1 N–H and O–H groups in total. The van der Waals surface area contributed by atoms with Crippen LogP contribution in [0.5, 0.6) is 0 Å². The summed E-state index contributed by atoms with van der Waals surface area (Å²) in [4.78, 5) is 24.0. The van der Waals surface area contributed by atoms with E-state index in [2.05, 4.69) is 13.8 Å². The summed E-state index contributed by atoms with van der Waals surface area (Å²) < 4.78 is 5.32. The van der Waals surface area contributed by atoms with Crippen molar-refractivity contribution in [2.24, 2.45) is 23.7 Å². The molecule has 1 saturated carbocycles. The Hall–Kier alpha value is -1.32. The minimum atomic E-state index is -0.193. The van der Waals surface area contributed by atoms with Gasteiger partial charge in [0.05, 0.1) is 18.3 Å². The van der Waals surface area contributed by atoms with Gasteiger partial charge in [-0.25, -0.2) is 0 Å². The number of esters is 1. The average molecular weight is 379 g/mol. The van der Waals surface area contributed by atoms with E-state index in [9.17, 15) is 14.7 Å². The van der Waals surface area contributed by atoms with Crippen molar-refractivity contribution in [2.45, 2.75) is 90.9 Å². The van der Waals surface area contributed by atoms with Crippen LogP contribution in [0, 0.1) is 23.7 Å². The van der Waals surface area contributed by atoms with E-state index in [1.807, 2.05) is 0 Å². The fourth-order valence-corrected chi connectivity index (χ4v) is 4.39. The molecule has 2 aliphatic rings. The number of aliphatic hydroxyl groups is 1. The first-order valence-corrected chi connectivity index (χ1v) is 11.0. The Bertz CT molecular complexity index is 511. The highest BCUT2D eigenvalue weighted by Crippen LogP contribution is 2.35. The molecule has 0 saturated heterocycles. The zero-order valence-corrected chi connectivity index (χ0v) is 17.3. The molecule has 2 rings (SSSR count). The van der Waals surface area contributed by atoms with Crippen LogP contribution in [0.4, 0.5) is 0 Å². The second-order valence-corrected chi connectivity index (χ2v) is 8.86. The molecule has 1 fully saturated rings. The van der Waals surface area contributed by atoms with E-state index in [-0.39, 0.29) is 11.9 Å². The molecule has 4 atom stereocenters. The van der Waals surface area contributed by atoms with Crippen LogP contribution in [0.25, 0.3) is 0 Å². The van der Waals surface area contributed by atoms with Crippen LogP contribution in [0.15, 0.2) is 11.8 Å². The highest BCUT2D eigenvalue weighted by Gasteiger charge is 2.25. The molecule has 0 aliphatic heterocycles. The third kappa shape index (κ3) is 8.06. The Labute approximate surface area is 164 Å². The molecule has 4 nitrogen and oxygen atoms in total. The largest absolute Gasteiger partial charge is 0.513 e. The Morgan fingerprint density at radius 3 is 2.63 bits per heavy atom. The molecule has 0 aromatic heterocycles. The smallest absolute Gasteiger partial charge is 0.309 e. The molecular formula is C23H38O4. The van der Waals surface area contributed by atoms with Crippen molar-refractivity contribution in [1.82, 2.24) is 0 Å². The summed E-state index contributed by atoms with van der Waals surface area (Å²) in [6, 6.07) is 0. The first-order valence-electron chi connectivity index (χ1n) is 11.0. The summed E-state index contributed by atoms with van der Waals surface area (Å²) in [5.74, 6) is 2.69. The van der Waals surface area contributed by atoms with Crippen molar-refractivity contribution in [3.63, 3.8) is 0 Å². The molecule has 0 aromatic carbocycles. The second kappa shape index (κ2) is 11.5. The van der Waals surface area contributed by atoms with Gasteiger partial charge >= 0.3 is 5.97 Å². The fourth-order valence-electron chi connectivity index (χ4n) is 4.39. The van der Waals surface area contributed by atoms with E-state index in [1.54, 1.807) is 6.08 Å². The van der Waals surface area contributed by atoms with E-state index < -0.39 is 0 Å². The number of aliphatic hydroxyl groups excluding tert-OH is 1. The van der Waals surface area contributed by atoms with Crippen LogP contribution in [0.1, 0.15) is 90.9 Å².